The number of nitrogen functional groups attached to an aromatic ring is 1. The van der Waals surface area contributed by atoms with E-state index in [9.17, 15) is 0 Å². The predicted octanol–water partition coefficient (Wildman–Crippen LogP) is 4.62. The highest BCUT2D eigenvalue weighted by Gasteiger charge is 2.06. The van der Waals surface area contributed by atoms with E-state index in [0.29, 0.717) is 15.7 Å². The highest BCUT2D eigenvalue weighted by atomic mass is 35.5. The van der Waals surface area contributed by atoms with Crippen LogP contribution in [0.2, 0.25) is 10.0 Å². The average molecular weight is 295 g/mol. The molecule has 0 radical (unpaired) electrons. The minimum Gasteiger partial charge on any atom is -0.399 e. The first-order valence-electron chi connectivity index (χ1n) is 6.19. The Morgan fingerprint density at radius 2 is 1.63 bits per heavy atom. The molecular formula is C15H16Cl2N2. The molecule has 0 saturated heterocycles. The van der Waals surface area contributed by atoms with Gasteiger partial charge in [0, 0.05) is 12.2 Å². The summed E-state index contributed by atoms with van der Waals surface area (Å²) in [7, 11) is 0. The summed E-state index contributed by atoms with van der Waals surface area (Å²) in [6.45, 7) is 0.818. The van der Waals surface area contributed by atoms with Crippen molar-refractivity contribution in [1.82, 2.24) is 0 Å². The first-order valence-corrected chi connectivity index (χ1v) is 6.95. The third-order valence-electron chi connectivity index (χ3n) is 2.85. The van der Waals surface area contributed by atoms with Gasteiger partial charge in [0.15, 0.2) is 0 Å². The number of nitrogens with two attached hydrogens (primary N) is 1. The first-order chi connectivity index (χ1) is 9.16. The summed E-state index contributed by atoms with van der Waals surface area (Å²) >= 11 is 12.2. The molecule has 4 heteroatoms. The van der Waals surface area contributed by atoms with Gasteiger partial charge < -0.3 is 11.1 Å². The van der Waals surface area contributed by atoms with E-state index in [1.165, 1.54) is 5.56 Å². The Bertz CT molecular complexity index is 518. The molecule has 0 spiro atoms. The molecule has 0 amide bonds. The Balaban J connectivity index is 1.86. The molecule has 2 aromatic rings. The lowest BCUT2D eigenvalue weighted by Gasteiger charge is -2.11. The second-order valence-electron chi connectivity index (χ2n) is 4.38. The third kappa shape index (κ3) is 4.05. The van der Waals surface area contributed by atoms with E-state index in [-0.39, 0.29) is 0 Å². The van der Waals surface area contributed by atoms with Gasteiger partial charge in [-0.15, -0.1) is 0 Å². The van der Waals surface area contributed by atoms with Gasteiger partial charge in [-0.05, 0) is 30.5 Å². The molecule has 2 nitrogen and oxygen atoms in total. The molecule has 0 saturated carbocycles. The van der Waals surface area contributed by atoms with Crippen LogP contribution in [0.5, 0.6) is 0 Å². The lowest BCUT2D eigenvalue weighted by atomic mass is 10.1. The summed E-state index contributed by atoms with van der Waals surface area (Å²) in [6.07, 6.45) is 2.04. The Morgan fingerprint density at radius 1 is 1.00 bits per heavy atom. The summed E-state index contributed by atoms with van der Waals surface area (Å²) in [5.41, 5.74) is 8.32. The molecule has 0 aliphatic carbocycles. The van der Waals surface area contributed by atoms with E-state index in [1.807, 2.05) is 6.07 Å². The van der Waals surface area contributed by atoms with Crippen molar-refractivity contribution in [3.05, 3.63) is 58.1 Å². The maximum absolute atomic E-state index is 6.10. The van der Waals surface area contributed by atoms with E-state index in [4.69, 9.17) is 28.9 Å². The number of anilines is 2. The molecule has 0 atom stereocenters. The van der Waals surface area contributed by atoms with Gasteiger partial charge in [0.25, 0.3) is 0 Å². The van der Waals surface area contributed by atoms with Crippen molar-refractivity contribution >= 4 is 34.6 Å². The molecule has 0 aliphatic heterocycles. The second kappa shape index (κ2) is 6.69. The fourth-order valence-electron chi connectivity index (χ4n) is 1.91. The van der Waals surface area contributed by atoms with Crippen LogP contribution in [0.25, 0.3) is 0 Å². The maximum Gasteiger partial charge on any atom is 0.0720 e. The van der Waals surface area contributed by atoms with Crippen molar-refractivity contribution in [2.75, 3.05) is 17.6 Å². The number of aryl methyl sites for hydroxylation is 1. The highest BCUT2D eigenvalue weighted by molar-refractivity contribution is 6.39. The van der Waals surface area contributed by atoms with Crippen LogP contribution < -0.4 is 11.1 Å². The van der Waals surface area contributed by atoms with E-state index in [2.05, 4.69) is 29.6 Å². The summed E-state index contributed by atoms with van der Waals surface area (Å²) in [5, 5.41) is 4.38. The van der Waals surface area contributed by atoms with Gasteiger partial charge >= 0.3 is 0 Å². The van der Waals surface area contributed by atoms with Crippen molar-refractivity contribution in [3.63, 3.8) is 0 Å². The molecular weight excluding hydrogens is 279 g/mol. The van der Waals surface area contributed by atoms with Crippen molar-refractivity contribution in [2.45, 2.75) is 12.8 Å². The van der Waals surface area contributed by atoms with E-state index in [1.54, 1.807) is 12.1 Å². The van der Waals surface area contributed by atoms with Crippen molar-refractivity contribution in [2.24, 2.45) is 0 Å². The fourth-order valence-corrected chi connectivity index (χ4v) is 2.55. The van der Waals surface area contributed by atoms with Gasteiger partial charge in [0.2, 0.25) is 0 Å². The molecule has 0 bridgehead atoms. The number of hydrogen-bond donors (Lipinski definition) is 2. The van der Waals surface area contributed by atoms with Crippen LogP contribution in [0, 0.1) is 0 Å². The molecule has 2 rings (SSSR count). The fraction of sp³-hybridized carbons (Fsp3) is 0.200. The van der Waals surface area contributed by atoms with Crippen LogP contribution >= 0.6 is 23.2 Å². The minimum absolute atomic E-state index is 0.560. The summed E-state index contributed by atoms with van der Waals surface area (Å²) < 4.78 is 0. The topological polar surface area (TPSA) is 38.0 Å². The molecule has 2 aromatic carbocycles. The Kier molecular flexibility index (Phi) is 4.94. The molecule has 0 aliphatic rings. The van der Waals surface area contributed by atoms with Crippen molar-refractivity contribution < 1.29 is 0 Å². The Hall–Kier alpha value is -1.38. The largest absolute Gasteiger partial charge is 0.399 e. The summed E-state index contributed by atoms with van der Waals surface area (Å²) in [5.74, 6) is 0. The van der Waals surface area contributed by atoms with E-state index < -0.39 is 0 Å². The summed E-state index contributed by atoms with van der Waals surface area (Å²) in [4.78, 5) is 0. The normalized spacial score (nSPS) is 10.4. The van der Waals surface area contributed by atoms with E-state index in [0.717, 1.165) is 25.1 Å². The zero-order valence-corrected chi connectivity index (χ0v) is 12.0. The van der Waals surface area contributed by atoms with E-state index >= 15 is 0 Å². The molecule has 0 unspecified atom stereocenters. The van der Waals surface area contributed by atoms with Crippen LogP contribution in [-0.2, 0) is 6.42 Å². The van der Waals surface area contributed by atoms with Gasteiger partial charge in [-0.25, -0.2) is 0 Å². The standard InChI is InChI=1S/C15H16Cl2N2/c16-13-9-12(18)10-14(17)15(13)19-8-4-7-11-5-2-1-3-6-11/h1-3,5-6,9-10,19H,4,7-8,18H2. The number of hydrogen-bond acceptors (Lipinski definition) is 2. The average Bonchev–Trinajstić information content (AvgIpc) is 2.38. The van der Waals surface area contributed by atoms with Gasteiger partial charge in [0.1, 0.15) is 0 Å². The lowest BCUT2D eigenvalue weighted by molar-refractivity contribution is 0.863. The molecule has 3 N–H and O–H groups in total. The van der Waals surface area contributed by atoms with Crippen LogP contribution in [0.15, 0.2) is 42.5 Å². The zero-order valence-electron chi connectivity index (χ0n) is 10.5. The first kappa shape index (κ1) is 14.0. The molecule has 19 heavy (non-hydrogen) atoms. The second-order valence-corrected chi connectivity index (χ2v) is 5.19. The van der Waals surface area contributed by atoms with Crippen LogP contribution in [0.1, 0.15) is 12.0 Å². The lowest BCUT2D eigenvalue weighted by Crippen LogP contribution is -2.04. The number of halogens is 2. The van der Waals surface area contributed by atoms with Gasteiger partial charge in [-0.3, -0.25) is 0 Å². The van der Waals surface area contributed by atoms with Gasteiger partial charge in [0.05, 0.1) is 15.7 Å². The molecule has 0 fully saturated rings. The smallest absolute Gasteiger partial charge is 0.0720 e. The van der Waals surface area contributed by atoms with Crippen LogP contribution in [0.3, 0.4) is 0 Å². The van der Waals surface area contributed by atoms with Crippen LogP contribution in [0.4, 0.5) is 11.4 Å². The van der Waals surface area contributed by atoms with Crippen molar-refractivity contribution in [1.29, 1.82) is 0 Å². The molecule has 0 heterocycles. The predicted molar refractivity (Wildman–Crippen MR) is 84.1 cm³/mol. The quantitative estimate of drug-likeness (QED) is 0.624. The zero-order chi connectivity index (χ0) is 13.7. The van der Waals surface area contributed by atoms with Gasteiger partial charge in [-0.1, -0.05) is 53.5 Å². The van der Waals surface area contributed by atoms with Gasteiger partial charge in [-0.2, -0.15) is 0 Å². The Labute approximate surface area is 123 Å². The number of nitrogens with one attached hydrogen (secondary N) is 1. The summed E-state index contributed by atoms with van der Waals surface area (Å²) in [6, 6.07) is 13.8. The third-order valence-corrected chi connectivity index (χ3v) is 3.45. The molecule has 100 valence electrons. The van der Waals surface area contributed by atoms with Crippen molar-refractivity contribution in [3.8, 4) is 0 Å². The number of benzene rings is 2. The highest BCUT2D eigenvalue weighted by Crippen LogP contribution is 2.32. The minimum atomic E-state index is 0.560. The van der Waals surface area contributed by atoms with Crippen LogP contribution in [-0.4, -0.2) is 6.54 Å². The SMILES string of the molecule is Nc1cc(Cl)c(NCCCc2ccccc2)c(Cl)c1. The molecule has 0 aromatic heterocycles. The number of rotatable bonds is 5. The maximum atomic E-state index is 6.10. The Morgan fingerprint density at radius 3 is 2.26 bits per heavy atom. The monoisotopic (exact) mass is 294 g/mol.